The molecule has 0 amide bonds. The quantitative estimate of drug-likeness (QED) is 0.643. The molecule has 2 unspecified atom stereocenters. The molecule has 1 fully saturated rings. The Kier molecular flexibility index (Phi) is 5.21. The Morgan fingerprint density at radius 1 is 1.42 bits per heavy atom. The number of nitrogens with one attached hydrogen (secondary N) is 2. The van der Waals surface area contributed by atoms with Gasteiger partial charge in [-0.2, -0.15) is 0 Å². The van der Waals surface area contributed by atoms with Crippen LogP contribution in [0.15, 0.2) is 35.3 Å². The van der Waals surface area contributed by atoms with Crippen LogP contribution in [0.4, 0.5) is 0 Å². The third kappa shape index (κ3) is 4.24. The number of aliphatic imine (C=N–C) groups is 1. The van der Waals surface area contributed by atoms with Gasteiger partial charge in [0.15, 0.2) is 5.96 Å². The van der Waals surface area contributed by atoms with Crippen LogP contribution in [0.25, 0.3) is 0 Å². The van der Waals surface area contributed by atoms with E-state index in [1.165, 1.54) is 5.56 Å². The Hall–Kier alpha value is -1.55. The second-order valence-corrected chi connectivity index (χ2v) is 4.96. The van der Waals surface area contributed by atoms with Gasteiger partial charge in [-0.05, 0) is 18.9 Å². The van der Waals surface area contributed by atoms with Crippen LogP contribution < -0.4 is 10.6 Å². The maximum absolute atomic E-state index is 5.37. The van der Waals surface area contributed by atoms with Gasteiger partial charge in [0.25, 0.3) is 0 Å². The number of ether oxygens (including phenoxy) is 1. The monoisotopic (exact) mass is 261 g/mol. The van der Waals surface area contributed by atoms with Gasteiger partial charge in [-0.15, -0.1) is 0 Å². The Morgan fingerprint density at radius 2 is 2.21 bits per heavy atom. The van der Waals surface area contributed by atoms with Crippen molar-refractivity contribution in [2.75, 3.05) is 26.8 Å². The first-order valence-corrected chi connectivity index (χ1v) is 6.89. The summed E-state index contributed by atoms with van der Waals surface area (Å²) in [5.74, 6) is 1.45. The Morgan fingerprint density at radius 3 is 2.84 bits per heavy atom. The third-order valence-electron chi connectivity index (χ3n) is 3.46. The summed E-state index contributed by atoms with van der Waals surface area (Å²) in [6, 6.07) is 10.6. The highest BCUT2D eigenvalue weighted by atomic mass is 16.5. The van der Waals surface area contributed by atoms with Crippen molar-refractivity contribution in [3.8, 4) is 0 Å². The van der Waals surface area contributed by atoms with Gasteiger partial charge in [0.05, 0.1) is 12.6 Å². The molecule has 104 valence electrons. The SMILES string of the molecule is CN=C(NCC1CCOC1)NC(C)c1ccccc1. The van der Waals surface area contributed by atoms with Gasteiger partial charge in [0, 0.05) is 26.1 Å². The van der Waals surface area contributed by atoms with Crippen LogP contribution in [0.5, 0.6) is 0 Å². The lowest BCUT2D eigenvalue weighted by atomic mass is 10.1. The minimum atomic E-state index is 0.243. The molecular weight excluding hydrogens is 238 g/mol. The van der Waals surface area contributed by atoms with E-state index in [0.29, 0.717) is 5.92 Å². The smallest absolute Gasteiger partial charge is 0.191 e. The zero-order valence-corrected chi connectivity index (χ0v) is 11.7. The van der Waals surface area contributed by atoms with E-state index in [4.69, 9.17) is 4.74 Å². The molecule has 2 rings (SSSR count). The number of hydrogen-bond acceptors (Lipinski definition) is 2. The Balaban J connectivity index is 1.81. The summed E-state index contributed by atoms with van der Waals surface area (Å²) >= 11 is 0. The number of benzene rings is 1. The van der Waals surface area contributed by atoms with Crippen molar-refractivity contribution in [2.45, 2.75) is 19.4 Å². The van der Waals surface area contributed by atoms with Crippen molar-refractivity contribution < 1.29 is 4.74 Å². The van der Waals surface area contributed by atoms with Crippen LogP contribution in [-0.4, -0.2) is 32.8 Å². The topological polar surface area (TPSA) is 45.7 Å². The average molecular weight is 261 g/mol. The van der Waals surface area contributed by atoms with Crippen LogP contribution in [-0.2, 0) is 4.74 Å². The first kappa shape index (κ1) is 13.9. The molecular formula is C15H23N3O. The van der Waals surface area contributed by atoms with E-state index in [2.05, 4.69) is 46.8 Å². The van der Waals surface area contributed by atoms with Gasteiger partial charge in [-0.3, -0.25) is 4.99 Å². The van der Waals surface area contributed by atoms with Crippen LogP contribution in [0, 0.1) is 5.92 Å². The van der Waals surface area contributed by atoms with E-state index < -0.39 is 0 Å². The summed E-state index contributed by atoms with van der Waals surface area (Å²) in [5.41, 5.74) is 1.26. The molecule has 1 saturated heterocycles. The zero-order chi connectivity index (χ0) is 13.5. The van der Waals surface area contributed by atoms with E-state index in [9.17, 15) is 0 Å². The van der Waals surface area contributed by atoms with E-state index >= 15 is 0 Å². The maximum Gasteiger partial charge on any atom is 0.191 e. The lowest BCUT2D eigenvalue weighted by molar-refractivity contribution is 0.186. The Labute approximate surface area is 115 Å². The molecule has 1 aromatic rings. The first-order valence-electron chi connectivity index (χ1n) is 6.89. The van der Waals surface area contributed by atoms with Crippen molar-refractivity contribution in [3.63, 3.8) is 0 Å². The minimum Gasteiger partial charge on any atom is -0.381 e. The largest absolute Gasteiger partial charge is 0.381 e. The highest BCUT2D eigenvalue weighted by Crippen LogP contribution is 2.12. The standard InChI is InChI=1S/C15H23N3O/c1-12(14-6-4-3-5-7-14)18-15(16-2)17-10-13-8-9-19-11-13/h3-7,12-13H,8-11H2,1-2H3,(H2,16,17,18). The lowest BCUT2D eigenvalue weighted by Crippen LogP contribution is -2.41. The van der Waals surface area contributed by atoms with Crippen molar-refractivity contribution >= 4 is 5.96 Å². The van der Waals surface area contributed by atoms with Gasteiger partial charge < -0.3 is 15.4 Å². The molecule has 0 aromatic heterocycles. The maximum atomic E-state index is 5.37. The summed E-state index contributed by atoms with van der Waals surface area (Å²) in [5, 5.41) is 6.78. The third-order valence-corrected chi connectivity index (χ3v) is 3.46. The normalized spacial score (nSPS) is 21.2. The van der Waals surface area contributed by atoms with Gasteiger partial charge in [-0.25, -0.2) is 0 Å². The van der Waals surface area contributed by atoms with Crippen LogP contribution in [0.3, 0.4) is 0 Å². The van der Waals surface area contributed by atoms with Crippen molar-refractivity contribution in [1.82, 2.24) is 10.6 Å². The van der Waals surface area contributed by atoms with Crippen LogP contribution >= 0.6 is 0 Å². The Bertz CT molecular complexity index is 399. The van der Waals surface area contributed by atoms with Crippen molar-refractivity contribution in [2.24, 2.45) is 10.9 Å². The average Bonchev–Trinajstić information content (AvgIpc) is 2.97. The fourth-order valence-electron chi connectivity index (χ4n) is 2.21. The molecule has 0 bridgehead atoms. The molecule has 0 radical (unpaired) electrons. The van der Waals surface area contributed by atoms with Crippen molar-refractivity contribution in [1.29, 1.82) is 0 Å². The zero-order valence-electron chi connectivity index (χ0n) is 11.7. The minimum absolute atomic E-state index is 0.243. The molecule has 0 saturated carbocycles. The molecule has 4 heteroatoms. The first-order chi connectivity index (χ1) is 9.29. The predicted molar refractivity (Wildman–Crippen MR) is 78.3 cm³/mol. The second kappa shape index (κ2) is 7.14. The summed E-state index contributed by atoms with van der Waals surface area (Å²) in [7, 11) is 1.80. The van der Waals surface area contributed by atoms with E-state index in [1.54, 1.807) is 7.05 Å². The van der Waals surface area contributed by atoms with Gasteiger partial charge in [0.2, 0.25) is 0 Å². The molecule has 4 nitrogen and oxygen atoms in total. The molecule has 2 atom stereocenters. The molecule has 2 N–H and O–H groups in total. The van der Waals surface area contributed by atoms with E-state index in [-0.39, 0.29) is 6.04 Å². The van der Waals surface area contributed by atoms with Gasteiger partial charge >= 0.3 is 0 Å². The number of guanidine groups is 1. The summed E-state index contributed by atoms with van der Waals surface area (Å²) in [4.78, 5) is 4.27. The van der Waals surface area contributed by atoms with Crippen LogP contribution in [0.1, 0.15) is 24.9 Å². The molecule has 1 aromatic carbocycles. The molecule has 19 heavy (non-hydrogen) atoms. The lowest BCUT2D eigenvalue weighted by Gasteiger charge is -2.19. The highest BCUT2D eigenvalue weighted by Gasteiger charge is 2.16. The van der Waals surface area contributed by atoms with E-state index in [0.717, 1.165) is 32.1 Å². The summed E-state index contributed by atoms with van der Waals surface area (Å²) < 4.78 is 5.37. The number of hydrogen-bond donors (Lipinski definition) is 2. The van der Waals surface area contributed by atoms with Gasteiger partial charge in [-0.1, -0.05) is 30.3 Å². The molecule has 0 aliphatic carbocycles. The fraction of sp³-hybridized carbons (Fsp3) is 0.533. The van der Waals surface area contributed by atoms with Gasteiger partial charge in [0.1, 0.15) is 0 Å². The number of rotatable bonds is 4. The fourth-order valence-corrected chi connectivity index (χ4v) is 2.21. The number of nitrogens with zero attached hydrogens (tertiary/aromatic N) is 1. The molecule has 1 heterocycles. The molecule has 1 aliphatic rings. The second-order valence-electron chi connectivity index (χ2n) is 4.96. The van der Waals surface area contributed by atoms with Crippen molar-refractivity contribution in [3.05, 3.63) is 35.9 Å². The molecule has 0 spiro atoms. The summed E-state index contributed by atoms with van der Waals surface area (Å²) in [6.07, 6.45) is 1.14. The van der Waals surface area contributed by atoms with E-state index in [1.807, 2.05) is 6.07 Å². The van der Waals surface area contributed by atoms with Crippen LogP contribution in [0.2, 0.25) is 0 Å². The summed E-state index contributed by atoms with van der Waals surface area (Å²) in [6.45, 7) is 4.80. The highest BCUT2D eigenvalue weighted by molar-refractivity contribution is 5.80. The molecule has 1 aliphatic heterocycles. The predicted octanol–water partition coefficient (Wildman–Crippen LogP) is 1.95.